The maximum absolute atomic E-state index is 10.9. The molecule has 2 fully saturated rings. The highest BCUT2D eigenvalue weighted by molar-refractivity contribution is 5.73. The van der Waals surface area contributed by atoms with Crippen LogP contribution < -0.4 is 0 Å². The Morgan fingerprint density at radius 3 is 2.18 bits per heavy atom. The number of aliphatic hydroxyl groups excluding tert-OH is 3. The van der Waals surface area contributed by atoms with Crippen LogP contribution in [0.2, 0.25) is 0 Å². The summed E-state index contributed by atoms with van der Waals surface area (Å²) in [6, 6.07) is 0. The molecule has 0 aromatic rings. The Morgan fingerprint density at radius 2 is 1.61 bits per heavy atom. The van der Waals surface area contributed by atoms with E-state index in [4.69, 9.17) is 5.11 Å². The van der Waals surface area contributed by atoms with Crippen LogP contribution in [0.3, 0.4) is 0 Å². The lowest BCUT2D eigenvalue weighted by Gasteiger charge is -2.32. The van der Waals surface area contributed by atoms with Crippen LogP contribution in [0, 0.1) is 29.1 Å². The molecule has 0 spiro atoms. The van der Waals surface area contributed by atoms with Gasteiger partial charge in [0.1, 0.15) is 0 Å². The fraction of sp³-hybridized carbons (Fsp3) is 0.957. The van der Waals surface area contributed by atoms with Gasteiger partial charge in [0, 0.05) is 0 Å². The third-order valence-corrected chi connectivity index (χ3v) is 7.47. The molecule has 0 unspecified atom stereocenters. The molecule has 28 heavy (non-hydrogen) atoms. The molecule has 0 aromatic heterocycles. The van der Waals surface area contributed by atoms with Crippen molar-refractivity contribution in [2.24, 2.45) is 29.1 Å². The van der Waals surface area contributed by atoms with E-state index in [1.54, 1.807) is 0 Å². The summed E-state index contributed by atoms with van der Waals surface area (Å²) in [5, 5.41) is 40.5. The van der Waals surface area contributed by atoms with Crippen LogP contribution in [0.5, 0.6) is 0 Å². The van der Waals surface area contributed by atoms with E-state index in [-0.39, 0.29) is 29.3 Å². The topological polar surface area (TPSA) is 98.0 Å². The zero-order valence-electron chi connectivity index (χ0n) is 18.0. The van der Waals surface area contributed by atoms with Crippen molar-refractivity contribution in [1.29, 1.82) is 0 Å². The second-order valence-corrected chi connectivity index (χ2v) is 10.1. The van der Waals surface area contributed by atoms with Crippen LogP contribution in [-0.4, -0.2) is 44.7 Å². The highest BCUT2D eigenvalue weighted by Crippen LogP contribution is 2.44. The van der Waals surface area contributed by atoms with Crippen molar-refractivity contribution in [2.45, 2.75) is 110 Å². The summed E-state index contributed by atoms with van der Waals surface area (Å²) >= 11 is 0. The molecule has 7 atom stereocenters. The molecule has 2 aliphatic carbocycles. The van der Waals surface area contributed by atoms with E-state index in [2.05, 4.69) is 20.8 Å². The quantitative estimate of drug-likeness (QED) is 0.352. The molecule has 0 aliphatic heterocycles. The lowest BCUT2D eigenvalue weighted by Crippen LogP contribution is -2.31. The third kappa shape index (κ3) is 6.43. The van der Waals surface area contributed by atoms with Crippen molar-refractivity contribution in [3.8, 4) is 0 Å². The van der Waals surface area contributed by atoms with Crippen molar-refractivity contribution < 1.29 is 25.2 Å². The van der Waals surface area contributed by atoms with E-state index >= 15 is 0 Å². The van der Waals surface area contributed by atoms with E-state index in [9.17, 15) is 20.1 Å². The minimum Gasteiger partial charge on any atom is -0.481 e. The normalized spacial score (nSPS) is 33.8. The Kier molecular flexibility index (Phi) is 8.78. The molecule has 5 nitrogen and oxygen atoms in total. The molecule has 0 bridgehead atoms. The molecule has 164 valence electrons. The Hall–Kier alpha value is -0.650. The lowest BCUT2D eigenvalue weighted by molar-refractivity contribution is -0.138. The predicted molar refractivity (Wildman–Crippen MR) is 110 cm³/mol. The summed E-state index contributed by atoms with van der Waals surface area (Å²) in [5.41, 5.74) is -0.112. The van der Waals surface area contributed by atoms with E-state index in [1.807, 2.05) is 0 Å². The lowest BCUT2D eigenvalue weighted by atomic mass is 9.77. The maximum atomic E-state index is 10.9. The van der Waals surface area contributed by atoms with Gasteiger partial charge in [-0.25, -0.2) is 0 Å². The standard InChI is InChI=1S/C23H42O5/c1-4-5-12-23(2,3)21(26)11-10-17-16(19(24)14-20(17)25)9-7-6-8-15-13-18(15)22(27)28/h15-21,24-26H,4-14H2,1-3H3,(H,27,28)/t15-,16-,17-,18-,19+,20-,21-/m1/s1. The molecule has 0 saturated heterocycles. The second kappa shape index (κ2) is 10.4. The van der Waals surface area contributed by atoms with Crippen molar-refractivity contribution in [3.63, 3.8) is 0 Å². The second-order valence-electron chi connectivity index (χ2n) is 10.1. The molecule has 5 heteroatoms. The molecule has 2 rings (SSSR count). The zero-order chi connectivity index (χ0) is 20.9. The van der Waals surface area contributed by atoms with Gasteiger partial charge >= 0.3 is 5.97 Å². The van der Waals surface area contributed by atoms with Crippen LogP contribution in [-0.2, 0) is 4.79 Å². The van der Waals surface area contributed by atoms with Gasteiger partial charge in [-0.1, -0.05) is 46.5 Å². The molecular weight excluding hydrogens is 356 g/mol. The minimum atomic E-state index is -0.667. The Balaban J connectivity index is 1.75. The van der Waals surface area contributed by atoms with E-state index in [0.717, 1.165) is 57.8 Å². The van der Waals surface area contributed by atoms with Gasteiger partial charge in [-0.05, 0) is 68.1 Å². The molecule has 4 N–H and O–H groups in total. The van der Waals surface area contributed by atoms with Gasteiger partial charge in [0.15, 0.2) is 0 Å². The SMILES string of the molecule is CCCCC(C)(C)[C@H](O)CC[C@@H]1[C@@H](CCCC[C@@H]2C[C@H]2C(=O)O)[C@@H](O)C[C@H]1O. The van der Waals surface area contributed by atoms with Crippen molar-refractivity contribution in [2.75, 3.05) is 0 Å². The van der Waals surface area contributed by atoms with E-state index in [1.165, 1.54) is 0 Å². The van der Waals surface area contributed by atoms with Crippen molar-refractivity contribution >= 4 is 5.97 Å². The number of hydrogen-bond acceptors (Lipinski definition) is 4. The molecule has 2 aliphatic rings. The van der Waals surface area contributed by atoms with Gasteiger partial charge < -0.3 is 20.4 Å². The molecule has 2 saturated carbocycles. The van der Waals surface area contributed by atoms with Crippen LogP contribution in [0.1, 0.15) is 91.4 Å². The van der Waals surface area contributed by atoms with Crippen LogP contribution in [0.15, 0.2) is 0 Å². The number of hydrogen-bond donors (Lipinski definition) is 4. The summed E-state index contributed by atoms with van der Waals surface area (Å²) in [5.74, 6) is -0.313. The average Bonchev–Trinajstić information content (AvgIpc) is 3.35. The van der Waals surface area contributed by atoms with Crippen molar-refractivity contribution in [1.82, 2.24) is 0 Å². The van der Waals surface area contributed by atoms with Crippen LogP contribution in [0.25, 0.3) is 0 Å². The predicted octanol–water partition coefficient (Wildman–Crippen LogP) is 3.98. The number of carboxylic acids is 1. The summed E-state index contributed by atoms with van der Waals surface area (Å²) in [7, 11) is 0. The Labute approximate surface area is 170 Å². The van der Waals surface area contributed by atoms with Crippen LogP contribution in [0.4, 0.5) is 0 Å². The zero-order valence-corrected chi connectivity index (χ0v) is 18.0. The molecule has 0 heterocycles. The minimum absolute atomic E-state index is 0.0549. The fourth-order valence-electron chi connectivity index (χ4n) is 5.18. The molecule has 0 amide bonds. The first kappa shape index (κ1) is 23.6. The van der Waals surface area contributed by atoms with Gasteiger partial charge in [-0.3, -0.25) is 4.79 Å². The summed E-state index contributed by atoms with van der Waals surface area (Å²) in [6.45, 7) is 6.40. The van der Waals surface area contributed by atoms with E-state index in [0.29, 0.717) is 18.8 Å². The van der Waals surface area contributed by atoms with Crippen molar-refractivity contribution in [3.05, 3.63) is 0 Å². The maximum Gasteiger partial charge on any atom is 0.306 e. The number of rotatable bonds is 13. The first-order valence-corrected chi connectivity index (χ1v) is 11.4. The highest BCUT2D eigenvalue weighted by Gasteiger charge is 2.43. The largest absolute Gasteiger partial charge is 0.481 e. The van der Waals surface area contributed by atoms with Gasteiger partial charge in [-0.2, -0.15) is 0 Å². The average molecular weight is 399 g/mol. The molecule has 0 radical (unpaired) electrons. The van der Waals surface area contributed by atoms with Gasteiger partial charge in [-0.15, -0.1) is 0 Å². The summed E-state index contributed by atoms with van der Waals surface area (Å²) in [4.78, 5) is 10.9. The molecular formula is C23H42O5. The number of carboxylic acid groups (broad SMARTS) is 1. The monoisotopic (exact) mass is 398 g/mol. The molecule has 0 aromatic carbocycles. The van der Waals surface area contributed by atoms with Gasteiger partial charge in [0.2, 0.25) is 0 Å². The van der Waals surface area contributed by atoms with E-state index < -0.39 is 18.2 Å². The summed E-state index contributed by atoms with van der Waals surface area (Å²) in [6.07, 6.45) is 8.39. The highest BCUT2D eigenvalue weighted by atomic mass is 16.4. The summed E-state index contributed by atoms with van der Waals surface area (Å²) < 4.78 is 0. The number of carbonyl (C=O) groups is 1. The Morgan fingerprint density at radius 1 is 1.00 bits per heavy atom. The number of aliphatic hydroxyl groups is 3. The first-order chi connectivity index (χ1) is 13.2. The van der Waals surface area contributed by atoms with Gasteiger partial charge in [0.25, 0.3) is 0 Å². The third-order valence-electron chi connectivity index (χ3n) is 7.47. The Bertz CT molecular complexity index is 491. The first-order valence-electron chi connectivity index (χ1n) is 11.4. The number of aliphatic carboxylic acids is 1. The smallest absolute Gasteiger partial charge is 0.306 e. The van der Waals surface area contributed by atoms with Gasteiger partial charge in [0.05, 0.1) is 24.2 Å². The fourth-order valence-corrected chi connectivity index (χ4v) is 5.18. The number of unbranched alkanes of at least 4 members (excludes halogenated alkanes) is 2. The van der Waals surface area contributed by atoms with Crippen LogP contribution >= 0.6 is 0 Å².